The Morgan fingerprint density at radius 2 is 1.85 bits per heavy atom. The number of esters is 1. The van der Waals surface area contributed by atoms with E-state index in [4.69, 9.17) is 25.8 Å². The van der Waals surface area contributed by atoms with Gasteiger partial charge in [-0.25, -0.2) is 4.79 Å². The van der Waals surface area contributed by atoms with E-state index in [9.17, 15) is 9.59 Å². The SMILES string of the molecule is COc1cc(C(=O)OCC(=O)Nc2ccc(C)c(Cl)c2)ccc1OC(C)C. The number of carbonyl (C=O) groups excluding carboxylic acids is 2. The van der Waals surface area contributed by atoms with Crippen LogP contribution in [0.25, 0.3) is 0 Å². The molecule has 2 aromatic rings. The van der Waals surface area contributed by atoms with Gasteiger partial charge in [0.05, 0.1) is 18.8 Å². The zero-order valence-corrected chi connectivity index (χ0v) is 16.4. The molecule has 144 valence electrons. The van der Waals surface area contributed by atoms with Crippen LogP contribution in [0.15, 0.2) is 36.4 Å². The number of carbonyl (C=O) groups is 2. The number of aryl methyl sites for hydroxylation is 1. The quantitative estimate of drug-likeness (QED) is 0.714. The van der Waals surface area contributed by atoms with E-state index >= 15 is 0 Å². The molecule has 1 N–H and O–H groups in total. The maximum absolute atomic E-state index is 12.2. The fourth-order valence-corrected chi connectivity index (χ4v) is 2.41. The summed E-state index contributed by atoms with van der Waals surface area (Å²) >= 11 is 6.02. The molecule has 0 aliphatic rings. The van der Waals surface area contributed by atoms with Crippen molar-refractivity contribution in [2.45, 2.75) is 26.9 Å². The smallest absolute Gasteiger partial charge is 0.338 e. The molecule has 0 heterocycles. The number of rotatable bonds is 7. The molecule has 0 unspecified atom stereocenters. The summed E-state index contributed by atoms with van der Waals surface area (Å²) in [5.41, 5.74) is 1.69. The zero-order chi connectivity index (χ0) is 20.0. The summed E-state index contributed by atoms with van der Waals surface area (Å²) in [6.07, 6.45) is -0.0318. The van der Waals surface area contributed by atoms with E-state index in [0.717, 1.165) is 5.56 Å². The van der Waals surface area contributed by atoms with Crippen LogP contribution < -0.4 is 14.8 Å². The second-order valence-electron chi connectivity index (χ2n) is 6.12. The highest BCUT2D eigenvalue weighted by Crippen LogP contribution is 2.29. The third-order valence-electron chi connectivity index (χ3n) is 3.55. The molecule has 0 spiro atoms. The van der Waals surface area contributed by atoms with Crippen molar-refractivity contribution in [3.63, 3.8) is 0 Å². The van der Waals surface area contributed by atoms with Gasteiger partial charge in [0.25, 0.3) is 5.91 Å². The number of amides is 1. The minimum absolute atomic E-state index is 0.0318. The maximum atomic E-state index is 12.2. The number of anilines is 1. The van der Waals surface area contributed by atoms with E-state index in [0.29, 0.717) is 22.2 Å². The molecule has 27 heavy (non-hydrogen) atoms. The first-order valence-corrected chi connectivity index (χ1v) is 8.75. The summed E-state index contributed by atoms with van der Waals surface area (Å²) in [7, 11) is 1.48. The van der Waals surface area contributed by atoms with Crippen LogP contribution in [0.5, 0.6) is 11.5 Å². The van der Waals surface area contributed by atoms with Crippen LogP contribution in [0.4, 0.5) is 5.69 Å². The number of methoxy groups -OCH3 is 1. The molecule has 0 atom stereocenters. The molecule has 0 aliphatic carbocycles. The average Bonchev–Trinajstić information content (AvgIpc) is 2.62. The molecule has 1 amide bonds. The Balaban J connectivity index is 1.96. The van der Waals surface area contributed by atoms with Gasteiger partial charge in [-0.1, -0.05) is 17.7 Å². The first-order valence-electron chi connectivity index (χ1n) is 8.38. The number of halogens is 1. The van der Waals surface area contributed by atoms with Crippen LogP contribution in [0.3, 0.4) is 0 Å². The van der Waals surface area contributed by atoms with Crippen molar-refractivity contribution >= 4 is 29.2 Å². The number of nitrogens with one attached hydrogen (secondary N) is 1. The van der Waals surface area contributed by atoms with Crippen molar-refractivity contribution < 1.29 is 23.8 Å². The Morgan fingerprint density at radius 1 is 1.11 bits per heavy atom. The molecule has 0 saturated heterocycles. The molecule has 7 heteroatoms. The van der Waals surface area contributed by atoms with Crippen molar-refractivity contribution in [2.75, 3.05) is 19.0 Å². The second-order valence-corrected chi connectivity index (χ2v) is 6.53. The van der Waals surface area contributed by atoms with Gasteiger partial charge >= 0.3 is 5.97 Å². The maximum Gasteiger partial charge on any atom is 0.338 e. The van der Waals surface area contributed by atoms with E-state index in [2.05, 4.69) is 5.32 Å². The molecule has 0 aliphatic heterocycles. The van der Waals surface area contributed by atoms with Gasteiger partial charge < -0.3 is 19.5 Å². The van der Waals surface area contributed by atoms with Crippen LogP contribution >= 0.6 is 11.6 Å². The molecular formula is C20H22ClNO5. The minimum Gasteiger partial charge on any atom is -0.493 e. The van der Waals surface area contributed by atoms with Gasteiger partial charge in [0, 0.05) is 10.7 Å². The molecule has 2 rings (SSSR count). The van der Waals surface area contributed by atoms with Gasteiger partial charge in [0.1, 0.15) is 0 Å². The lowest BCUT2D eigenvalue weighted by atomic mass is 10.2. The second kappa shape index (κ2) is 9.28. The van der Waals surface area contributed by atoms with Crippen LogP contribution in [0, 0.1) is 6.92 Å². The lowest BCUT2D eigenvalue weighted by molar-refractivity contribution is -0.119. The summed E-state index contributed by atoms with van der Waals surface area (Å²) in [4.78, 5) is 24.1. The van der Waals surface area contributed by atoms with Crippen molar-refractivity contribution in [1.82, 2.24) is 0 Å². The van der Waals surface area contributed by atoms with E-state index in [1.807, 2.05) is 20.8 Å². The summed E-state index contributed by atoms with van der Waals surface area (Å²) < 4.78 is 15.9. The van der Waals surface area contributed by atoms with Crippen molar-refractivity contribution in [1.29, 1.82) is 0 Å². The molecule has 0 bridgehead atoms. The molecule has 0 radical (unpaired) electrons. The normalized spacial score (nSPS) is 10.4. The Morgan fingerprint density at radius 3 is 2.48 bits per heavy atom. The highest BCUT2D eigenvalue weighted by atomic mass is 35.5. The molecule has 0 aromatic heterocycles. The Hall–Kier alpha value is -2.73. The predicted octanol–water partition coefficient (Wildman–Crippen LogP) is 4.24. The highest BCUT2D eigenvalue weighted by molar-refractivity contribution is 6.31. The van der Waals surface area contributed by atoms with Gasteiger partial charge in [0.15, 0.2) is 18.1 Å². The standard InChI is InChI=1S/C20H22ClNO5/c1-12(2)27-17-8-6-14(9-18(17)25-4)20(24)26-11-19(23)22-15-7-5-13(3)16(21)10-15/h5-10,12H,11H2,1-4H3,(H,22,23). The lowest BCUT2D eigenvalue weighted by Crippen LogP contribution is -2.21. The Kier molecular flexibility index (Phi) is 7.07. The summed E-state index contributed by atoms with van der Waals surface area (Å²) in [6.45, 7) is 5.22. The number of ether oxygens (including phenoxy) is 3. The van der Waals surface area contributed by atoms with Gasteiger partial charge in [0.2, 0.25) is 0 Å². The largest absolute Gasteiger partial charge is 0.493 e. The first-order chi connectivity index (χ1) is 12.8. The van der Waals surface area contributed by atoms with Gasteiger partial charge in [-0.3, -0.25) is 4.79 Å². The number of hydrogen-bond donors (Lipinski definition) is 1. The third kappa shape index (κ3) is 5.89. The highest BCUT2D eigenvalue weighted by Gasteiger charge is 2.15. The van der Waals surface area contributed by atoms with Gasteiger partial charge in [-0.05, 0) is 56.7 Å². The van der Waals surface area contributed by atoms with Gasteiger partial charge in [-0.2, -0.15) is 0 Å². The zero-order valence-electron chi connectivity index (χ0n) is 15.7. The fraction of sp³-hybridized carbons (Fsp3) is 0.300. The molecular weight excluding hydrogens is 370 g/mol. The lowest BCUT2D eigenvalue weighted by Gasteiger charge is -2.14. The van der Waals surface area contributed by atoms with Crippen molar-refractivity contribution in [3.8, 4) is 11.5 Å². The molecule has 0 fully saturated rings. The monoisotopic (exact) mass is 391 g/mol. The van der Waals surface area contributed by atoms with E-state index in [-0.39, 0.29) is 11.7 Å². The number of hydrogen-bond acceptors (Lipinski definition) is 5. The summed E-state index contributed by atoms with van der Waals surface area (Å²) in [6, 6.07) is 9.84. The fourth-order valence-electron chi connectivity index (χ4n) is 2.23. The topological polar surface area (TPSA) is 73.9 Å². The first kappa shape index (κ1) is 20.6. The Bertz CT molecular complexity index is 835. The van der Waals surface area contributed by atoms with E-state index in [1.54, 1.807) is 30.3 Å². The van der Waals surface area contributed by atoms with Crippen LogP contribution in [0.2, 0.25) is 5.02 Å². The Labute approximate surface area is 163 Å². The average molecular weight is 392 g/mol. The van der Waals surface area contributed by atoms with E-state index in [1.165, 1.54) is 13.2 Å². The summed E-state index contributed by atoms with van der Waals surface area (Å²) in [5, 5.41) is 3.17. The molecule has 2 aromatic carbocycles. The van der Waals surface area contributed by atoms with Gasteiger partial charge in [-0.15, -0.1) is 0 Å². The van der Waals surface area contributed by atoms with Crippen LogP contribution in [-0.2, 0) is 9.53 Å². The predicted molar refractivity (Wildman–Crippen MR) is 104 cm³/mol. The third-order valence-corrected chi connectivity index (χ3v) is 3.96. The number of benzene rings is 2. The van der Waals surface area contributed by atoms with Crippen LogP contribution in [-0.4, -0.2) is 31.7 Å². The minimum atomic E-state index is -0.638. The molecule has 6 nitrogen and oxygen atoms in total. The van der Waals surface area contributed by atoms with Crippen molar-refractivity contribution in [3.05, 3.63) is 52.5 Å². The van der Waals surface area contributed by atoms with E-state index < -0.39 is 18.5 Å². The van der Waals surface area contributed by atoms with Crippen molar-refractivity contribution in [2.24, 2.45) is 0 Å². The van der Waals surface area contributed by atoms with Crippen LogP contribution in [0.1, 0.15) is 29.8 Å². The molecule has 0 saturated carbocycles. The summed E-state index contributed by atoms with van der Waals surface area (Å²) in [5.74, 6) is -0.161.